The zero-order valence-corrected chi connectivity index (χ0v) is 13.7. The number of nitrogens with two attached hydrogens (primary N) is 1. The second kappa shape index (κ2) is 6.30. The summed E-state index contributed by atoms with van der Waals surface area (Å²) in [6.45, 7) is 12.9. The molecule has 21 heavy (non-hydrogen) atoms. The van der Waals surface area contributed by atoms with Gasteiger partial charge in [-0.2, -0.15) is 0 Å². The number of aliphatic hydroxyl groups is 1. The van der Waals surface area contributed by atoms with Gasteiger partial charge in [0.2, 0.25) is 0 Å². The van der Waals surface area contributed by atoms with Crippen molar-refractivity contribution in [1.82, 2.24) is 9.88 Å². The van der Waals surface area contributed by atoms with Gasteiger partial charge in [-0.15, -0.1) is 0 Å². The van der Waals surface area contributed by atoms with Gasteiger partial charge in [0, 0.05) is 61.9 Å². The second-order valence-electron chi connectivity index (χ2n) is 6.63. The van der Waals surface area contributed by atoms with E-state index in [4.69, 9.17) is 5.73 Å². The molecule has 0 atom stereocenters. The van der Waals surface area contributed by atoms with E-state index in [0.29, 0.717) is 6.54 Å². The molecule has 1 aromatic heterocycles. The third kappa shape index (κ3) is 4.15. The number of nitrogens with zero attached hydrogens (tertiary/aromatic N) is 3. The SMILES string of the molecule is Cc1cc(N2CCN(CC(C)(C)O)CC2)c(CN)c(C)n1. The predicted octanol–water partition coefficient (Wildman–Crippen LogP) is 1.05. The van der Waals surface area contributed by atoms with Crippen LogP contribution in [0.2, 0.25) is 0 Å². The van der Waals surface area contributed by atoms with Crippen LogP contribution in [-0.4, -0.2) is 53.3 Å². The van der Waals surface area contributed by atoms with Gasteiger partial charge in [-0.25, -0.2) is 0 Å². The van der Waals surface area contributed by atoms with Gasteiger partial charge in [-0.05, 0) is 33.8 Å². The lowest BCUT2D eigenvalue weighted by Crippen LogP contribution is -2.50. The molecule has 0 amide bonds. The van der Waals surface area contributed by atoms with E-state index >= 15 is 0 Å². The number of rotatable bonds is 4. The Morgan fingerprint density at radius 3 is 2.38 bits per heavy atom. The Hall–Kier alpha value is -1.17. The van der Waals surface area contributed by atoms with Crippen molar-refractivity contribution in [3.63, 3.8) is 0 Å². The summed E-state index contributed by atoms with van der Waals surface area (Å²) in [7, 11) is 0. The van der Waals surface area contributed by atoms with E-state index in [9.17, 15) is 5.11 Å². The number of hydrogen-bond acceptors (Lipinski definition) is 5. The molecule has 1 aliphatic heterocycles. The summed E-state index contributed by atoms with van der Waals surface area (Å²) in [5.74, 6) is 0. The lowest BCUT2D eigenvalue weighted by molar-refractivity contribution is 0.0345. The molecule has 1 fully saturated rings. The van der Waals surface area contributed by atoms with Crippen LogP contribution in [0.25, 0.3) is 0 Å². The third-order valence-corrected chi connectivity index (χ3v) is 3.96. The first-order chi connectivity index (χ1) is 9.80. The minimum absolute atomic E-state index is 0.526. The summed E-state index contributed by atoms with van der Waals surface area (Å²) in [5, 5.41) is 9.93. The highest BCUT2D eigenvalue weighted by Crippen LogP contribution is 2.25. The molecule has 1 saturated heterocycles. The molecule has 118 valence electrons. The van der Waals surface area contributed by atoms with Crippen molar-refractivity contribution in [3.8, 4) is 0 Å². The Kier molecular flexibility index (Phi) is 4.86. The molecule has 0 unspecified atom stereocenters. The Morgan fingerprint density at radius 1 is 1.24 bits per heavy atom. The Morgan fingerprint density at radius 2 is 1.86 bits per heavy atom. The maximum atomic E-state index is 9.93. The van der Waals surface area contributed by atoms with E-state index < -0.39 is 5.60 Å². The Bertz CT molecular complexity index is 488. The van der Waals surface area contributed by atoms with E-state index in [0.717, 1.165) is 49.7 Å². The minimum Gasteiger partial charge on any atom is -0.389 e. The summed E-state index contributed by atoms with van der Waals surface area (Å²) in [5.41, 5.74) is 9.73. The van der Waals surface area contributed by atoms with E-state index in [1.54, 1.807) is 0 Å². The summed E-state index contributed by atoms with van der Waals surface area (Å²) in [6, 6.07) is 2.14. The fourth-order valence-corrected chi connectivity index (χ4v) is 3.06. The Balaban J connectivity index is 2.09. The van der Waals surface area contributed by atoms with Gasteiger partial charge in [0.15, 0.2) is 0 Å². The van der Waals surface area contributed by atoms with Crippen LogP contribution >= 0.6 is 0 Å². The number of piperazine rings is 1. The molecule has 5 nitrogen and oxygen atoms in total. The number of β-amino-alcohol motifs (C(OH)–C–C–N with tert-alkyl or cyclic N) is 1. The molecule has 0 saturated carbocycles. The number of anilines is 1. The van der Waals surface area contributed by atoms with Gasteiger partial charge in [0.25, 0.3) is 0 Å². The van der Waals surface area contributed by atoms with Crippen LogP contribution in [0.3, 0.4) is 0 Å². The third-order valence-electron chi connectivity index (χ3n) is 3.96. The highest BCUT2D eigenvalue weighted by molar-refractivity contribution is 5.56. The average molecular weight is 292 g/mol. The summed E-state index contributed by atoms with van der Waals surface area (Å²) in [6.07, 6.45) is 0. The van der Waals surface area contributed by atoms with Crippen molar-refractivity contribution in [2.24, 2.45) is 5.73 Å². The van der Waals surface area contributed by atoms with Crippen LogP contribution < -0.4 is 10.6 Å². The van der Waals surface area contributed by atoms with Crippen molar-refractivity contribution < 1.29 is 5.11 Å². The molecule has 3 N–H and O–H groups in total. The summed E-state index contributed by atoms with van der Waals surface area (Å²) in [4.78, 5) is 9.23. The van der Waals surface area contributed by atoms with Crippen LogP contribution in [0.5, 0.6) is 0 Å². The molecular formula is C16H28N4O. The molecule has 1 aliphatic rings. The molecule has 0 aromatic carbocycles. The fraction of sp³-hybridized carbons (Fsp3) is 0.688. The van der Waals surface area contributed by atoms with Crippen LogP contribution in [0.4, 0.5) is 5.69 Å². The lowest BCUT2D eigenvalue weighted by Gasteiger charge is -2.39. The lowest BCUT2D eigenvalue weighted by atomic mass is 10.1. The van der Waals surface area contributed by atoms with Crippen molar-refractivity contribution in [1.29, 1.82) is 0 Å². The topological polar surface area (TPSA) is 65.6 Å². The van der Waals surface area contributed by atoms with Crippen LogP contribution in [-0.2, 0) is 6.54 Å². The van der Waals surface area contributed by atoms with Crippen LogP contribution in [0.1, 0.15) is 30.8 Å². The van der Waals surface area contributed by atoms with E-state index in [-0.39, 0.29) is 0 Å². The zero-order valence-electron chi connectivity index (χ0n) is 13.7. The zero-order chi connectivity index (χ0) is 15.6. The van der Waals surface area contributed by atoms with Gasteiger partial charge >= 0.3 is 0 Å². The van der Waals surface area contributed by atoms with Gasteiger partial charge in [0.1, 0.15) is 0 Å². The van der Waals surface area contributed by atoms with Gasteiger partial charge in [-0.1, -0.05) is 0 Å². The standard InChI is InChI=1S/C16H28N4O/c1-12-9-15(14(10-17)13(2)18-12)20-7-5-19(6-8-20)11-16(3,4)21/h9,21H,5-8,10-11,17H2,1-4H3. The van der Waals surface area contributed by atoms with Crippen molar-refractivity contribution in [2.75, 3.05) is 37.6 Å². The first-order valence-electron chi connectivity index (χ1n) is 7.67. The normalized spacial score (nSPS) is 17.3. The number of aromatic nitrogens is 1. The maximum Gasteiger partial charge on any atom is 0.0718 e. The molecule has 0 aliphatic carbocycles. The molecular weight excluding hydrogens is 264 g/mol. The molecule has 1 aromatic rings. The largest absolute Gasteiger partial charge is 0.389 e. The van der Waals surface area contributed by atoms with E-state index in [1.807, 2.05) is 27.7 Å². The fourth-order valence-electron chi connectivity index (χ4n) is 3.06. The first kappa shape index (κ1) is 16.2. The van der Waals surface area contributed by atoms with E-state index in [2.05, 4.69) is 20.9 Å². The molecule has 5 heteroatoms. The first-order valence-corrected chi connectivity index (χ1v) is 7.67. The minimum atomic E-state index is -0.631. The van der Waals surface area contributed by atoms with Crippen LogP contribution in [0, 0.1) is 13.8 Å². The average Bonchev–Trinajstić information content (AvgIpc) is 2.37. The Labute approximate surface area is 127 Å². The van der Waals surface area contributed by atoms with E-state index in [1.165, 1.54) is 5.69 Å². The quantitative estimate of drug-likeness (QED) is 0.868. The highest BCUT2D eigenvalue weighted by Gasteiger charge is 2.24. The van der Waals surface area contributed by atoms with Gasteiger partial charge < -0.3 is 15.7 Å². The van der Waals surface area contributed by atoms with Crippen LogP contribution in [0.15, 0.2) is 6.07 Å². The second-order valence-corrected chi connectivity index (χ2v) is 6.63. The molecule has 0 bridgehead atoms. The van der Waals surface area contributed by atoms with Crippen molar-refractivity contribution in [2.45, 2.75) is 39.8 Å². The summed E-state index contributed by atoms with van der Waals surface area (Å²) >= 11 is 0. The van der Waals surface area contributed by atoms with Crippen molar-refractivity contribution >= 4 is 5.69 Å². The van der Waals surface area contributed by atoms with Gasteiger partial charge in [0.05, 0.1) is 5.60 Å². The number of pyridine rings is 1. The molecule has 2 heterocycles. The summed E-state index contributed by atoms with van der Waals surface area (Å²) < 4.78 is 0. The highest BCUT2D eigenvalue weighted by atomic mass is 16.3. The monoisotopic (exact) mass is 292 g/mol. The van der Waals surface area contributed by atoms with Crippen molar-refractivity contribution in [3.05, 3.63) is 23.0 Å². The molecule has 0 radical (unpaired) electrons. The maximum absolute atomic E-state index is 9.93. The van der Waals surface area contributed by atoms with Gasteiger partial charge in [-0.3, -0.25) is 9.88 Å². The number of aryl methyl sites for hydroxylation is 2. The predicted molar refractivity (Wildman–Crippen MR) is 86.6 cm³/mol. The number of hydrogen-bond donors (Lipinski definition) is 2. The molecule has 2 rings (SSSR count). The smallest absolute Gasteiger partial charge is 0.0718 e. The molecule has 0 spiro atoms.